The van der Waals surface area contributed by atoms with E-state index in [-0.39, 0.29) is 18.0 Å². The summed E-state index contributed by atoms with van der Waals surface area (Å²) in [5.41, 5.74) is 1.30. The van der Waals surface area contributed by atoms with Crippen molar-refractivity contribution in [1.29, 1.82) is 0 Å². The van der Waals surface area contributed by atoms with Gasteiger partial charge in [-0.15, -0.1) is 0 Å². The monoisotopic (exact) mass is 266 g/mol. The molecule has 3 nitrogen and oxygen atoms in total. The first-order chi connectivity index (χ1) is 8.66. The van der Waals surface area contributed by atoms with Crippen molar-refractivity contribution in [2.24, 2.45) is 0 Å². The summed E-state index contributed by atoms with van der Waals surface area (Å²) in [6.07, 6.45) is 3.15. The van der Waals surface area contributed by atoms with Crippen LogP contribution in [-0.2, 0) is 0 Å². The number of nitrogens with one attached hydrogen (secondary N) is 1. The number of aromatic amines is 1. The standard InChI is InChI=1S/C13H15FN2OS/c14-10-2-1-3-11-12(10)15-13(18)16(11)8-4-6-9(17)7-5-8/h1-3,8-9,17H,4-7H2,(H,15,18). The molecule has 1 aromatic carbocycles. The zero-order chi connectivity index (χ0) is 12.7. The molecule has 2 aromatic rings. The second kappa shape index (κ2) is 4.48. The highest BCUT2D eigenvalue weighted by atomic mass is 32.1. The van der Waals surface area contributed by atoms with Gasteiger partial charge in [0.2, 0.25) is 0 Å². The number of hydrogen-bond donors (Lipinski definition) is 2. The number of benzene rings is 1. The number of fused-ring (bicyclic) bond motifs is 1. The quantitative estimate of drug-likeness (QED) is 0.777. The van der Waals surface area contributed by atoms with Gasteiger partial charge in [0, 0.05) is 6.04 Å². The third kappa shape index (κ3) is 1.87. The van der Waals surface area contributed by atoms with E-state index in [9.17, 15) is 9.50 Å². The van der Waals surface area contributed by atoms with Crippen LogP contribution in [0.15, 0.2) is 18.2 Å². The van der Waals surface area contributed by atoms with Gasteiger partial charge in [-0.2, -0.15) is 0 Å². The number of halogens is 1. The van der Waals surface area contributed by atoms with Crippen LogP contribution in [-0.4, -0.2) is 20.8 Å². The van der Waals surface area contributed by atoms with E-state index >= 15 is 0 Å². The van der Waals surface area contributed by atoms with E-state index in [1.807, 2.05) is 10.6 Å². The molecule has 0 saturated heterocycles. The number of hydrogen-bond acceptors (Lipinski definition) is 2. The fraction of sp³-hybridized carbons (Fsp3) is 0.462. The normalized spacial score (nSPS) is 24.6. The Kier molecular flexibility index (Phi) is 2.95. The number of para-hydroxylation sites is 1. The molecule has 96 valence electrons. The summed E-state index contributed by atoms with van der Waals surface area (Å²) < 4.78 is 16.2. The average molecular weight is 266 g/mol. The number of H-pyrrole nitrogens is 1. The summed E-state index contributed by atoms with van der Waals surface area (Å²) >= 11 is 5.30. The third-order valence-electron chi connectivity index (χ3n) is 3.73. The van der Waals surface area contributed by atoms with Gasteiger partial charge in [-0.05, 0) is 50.0 Å². The molecule has 5 heteroatoms. The number of nitrogens with zero attached hydrogens (tertiary/aromatic N) is 1. The van der Waals surface area contributed by atoms with Crippen LogP contribution in [0.5, 0.6) is 0 Å². The third-order valence-corrected chi connectivity index (χ3v) is 4.03. The molecule has 2 N–H and O–H groups in total. The minimum Gasteiger partial charge on any atom is -0.393 e. The summed E-state index contributed by atoms with van der Waals surface area (Å²) in [7, 11) is 0. The molecule has 0 spiro atoms. The summed E-state index contributed by atoms with van der Waals surface area (Å²) in [6.45, 7) is 0. The first-order valence-electron chi connectivity index (χ1n) is 6.23. The van der Waals surface area contributed by atoms with E-state index in [1.165, 1.54) is 6.07 Å². The Hall–Kier alpha value is -1.20. The summed E-state index contributed by atoms with van der Waals surface area (Å²) in [5.74, 6) is -0.270. The van der Waals surface area contributed by atoms with Crippen LogP contribution in [0.4, 0.5) is 4.39 Å². The Bertz CT molecular complexity index is 625. The van der Waals surface area contributed by atoms with Gasteiger partial charge in [0.05, 0.1) is 11.6 Å². The van der Waals surface area contributed by atoms with Crippen molar-refractivity contribution in [1.82, 2.24) is 9.55 Å². The molecule has 0 bridgehead atoms. The van der Waals surface area contributed by atoms with Crippen LogP contribution in [0, 0.1) is 10.6 Å². The Morgan fingerprint density at radius 1 is 1.28 bits per heavy atom. The summed E-state index contributed by atoms with van der Waals surface area (Å²) in [6, 6.07) is 5.28. The maximum Gasteiger partial charge on any atom is 0.178 e. The predicted octanol–water partition coefficient (Wildman–Crippen LogP) is 3.31. The maximum absolute atomic E-state index is 13.7. The Balaban J connectivity index is 2.09. The molecular formula is C13H15FN2OS. The van der Waals surface area contributed by atoms with Gasteiger partial charge in [-0.25, -0.2) is 4.39 Å². The topological polar surface area (TPSA) is 41.0 Å². The summed E-state index contributed by atoms with van der Waals surface area (Å²) in [4.78, 5) is 2.94. The molecule has 0 aliphatic heterocycles. The van der Waals surface area contributed by atoms with Crippen LogP contribution in [0.25, 0.3) is 11.0 Å². The van der Waals surface area contributed by atoms with E-state index in [4.69, 9.17) is 12.2 Å². The molecule has 1 aliphatic rings. The van der Waals surface area contributed by atoms with Gasteiger partial charge in [-0.1, -0.05) is 6.07 Å². The van der Waals surface area contributed by atoms with E-state index < -0.39 is 0 Å². The van der Waals surface area contributed by atoms with Gasteiger partial charge < -0.3 is 14.7 Å². The van der Waals surface area contributed by atoms with E-state index in [2.05, 4.69) is 4.98 Å². The van der Waals surface area contributed by atoms with Gasteiger partial charge in [-0.3, -0.25) is 0 Å². The molecule has 0 amide bonds. The van der Waals surface area contributed by atoms with Crippen molar-refractivity contribution in [2.75, 3.05) is 0 Å². The van der Waals surface area contributed by atoms with E-state index in [0.717, 1.165) is 31.2 Å². The molecule has 18 heavy (non-hydrogen) atoms. The fourth-order valence-corrected chi connectivity index (χ4v) is 3.14. The molecule has 0 radical (unpaired) electrons. The number of imidazole rings is 1. The number of rotatable bonds is 1. The average Bonchev–Trinajstić information content (AvgIpc) is 2.69. The van der Waals surface area contributed by atoms with Gasteiger partial charge in [0.25, 0.3) is 0 Å². The molecule has 1 aromatic heterocycles. The van der Waals surface area contributed by atoms with Crippen molar-refractivity contribution in [3.05, 3.63) is 28.8 Å². The zero-order valence-electron chi connectivity index (χ0n) is 9.90. The lowest BCUT2D eigenvalue weighted by Crippen LogP contribution is -2.21. The molecular weight excluding hydrogens is 251 g/mol. The van der Waals surface area contributed by atoms with Crippen LogP contribution in [0.2, 0.25) is 0 Å². The minimum atomic E-state index is -0.270. The molecule has 1 aliphatic carbocycles. The highest BCUT2D eigenvalue weighted by molar-refractivity contribution is 7.71. The Morgan fingerprint density at radius 2 is 2.00 bits per heavy atom. The zero-order valence-corrected chi connectivity index (χ0v) is 10.7. The van der Waals surface area contributed by atoms with Crippen molar-refractivity contribution in [3.8, 4) is 0 Å². The smallest absolute Gasteiger partial charge is 0.178 e. The highest BCUT2D eigenvalue weighted by Crippen LogP contribution is 2.32. The molecule has 1 heterocycles. The van der Waals surface area contributed by atoms with Crippen LogP contribution in [0.1, 0.15) is 31.7 Å². The largest absolute Gasteiger partial charge is 0.393 e. The maximum atomic E-state index is 13.7. The first kappa shape index (κ1) is 11.9. The molecule has 1 saturated carbocycles. The van der Waals surface area contributed by atoms with E-state index in [1.54, 1.807) is 6.07 Å². The number of aliphatic hydroxyl groups is 1. The van der Waals surface area contributed by atoms with Gasteiger partial charge in [0.1, 0.15) is 11.3 Å². The SMILES string of the molecule is OC1CCC(n2c(=S)[nH]c3c(F)cccc32)CC1. The lowest BCUT2D eigenvalue weighted by molar-refractivity contribution is 0.111. The van der Waals surface area contributed by atoms with Gasteiger partial charge in [0.15, 0.2) is 4.77 Å². The van der Waals surface area contributed by atoms with Crippen molar-refractivity contribution < 1.29 is 9.50 Å². The number of aromatic nitrogens is 2. The Labute approximate surface area is 109 Å². The Morgan fingerprint density at radius 3 is 2.72 bits per heavy atom. The van der Waals surface area contributed by atoms with Gasteiger partial charge >= 0.3 is 0 Å². The molecule has 1 fully saturated rings. The second-order valence-electron chi connectivity index (χ2n) is 4.90. The lowest BCUT2D eigenvalue weighted by atomic mass is 9.93. The van der Waals surface area contributed by atoms with Crippen molar-refractivity contribution >= 4 is 23.3 Å². The van der Waals surface area contributed by atoms with Crippen molar-refractivity contribution in [2.45, 2.75) is 37.8 Å². The van der Waals surface area contributed by atoms with Crippen LogP contribution in [0.3, 0.4) is 0 Å². The lowest BCUT2D eigenvalue weighted by Gasteiger charge is -2.26. The second-order valence-corrected chi connectivity index (χ2v) is 5.28. The molecule has 0 unspecified atom stereocenters. The van der Waals surface area contributed by atoms with Crippen molar-refractivity contribution in [3.63, 3.8) is 0 Å². The first-order valence-corrected chi connectivity index (χ1v) is 6.64. The predicted molar refractivity (Wildman–Crippen MR) is 70.6 cm³/mol. The molecule has 3 rings (SSSR count). The molecule has 0 atom stereocenters. The fourth-order valence-electron chi connectivity index (χ4n) is 2.79. The summed E-state index contributed by atoms with van der Waals surface area (Å²) in [5, 5.41) is 9.55. The van der Waals surface area contributed by atoms with Crippen LogP contribution >= 0.6 is 12.2 Å². The minimum absolute atomic E-state index is 0.197. The van der Waals surface area contributed by atoms with E-state index in [0.29, 0.717) is 10.3 Å². The van der Waals surface area contributed by atoms with Crippen LogP contribution < -0.4 is 0 Å². The number of aliphatic hydroxyl groups excluding tert-OH is 1. The highest BCUT2D eigenvalue weighted by Gasteiger charge is 2.23.